The molecule has 1 rings (SSSR count). The van der Waals surface area contributed by atoms with Gasteiger partial charge in [0, 0.05) is 18.2 Å². The zero-order valence-electron chi connectivity index (χ0n) is 10.9. The Balaban J connectivity index is 2.63. The van der Waals surface area contributed by atoms with Crippen LogP contribution in [0.1, 0.15) is 24.9 Å². The molecule has 0 saturated heterocycles. The highest BCUT2D eigenvalue weighted by Crippen LogP contribution is 2.22. The molecule has 1 unspecified atom stereocenters. The lowest BCUT2D eigenvalue weighted by atomic mass is 10.0. The van der Waals surface area contributed by atoms with Crippen molar-refractivity contribution in [2.24, 2.45) is 0 Å². The van der Waals surface area contributed by atoms with Crippen LogP contribution in [0, 0.1) is 11.6 Å². The molecule has 0 spiro atoms. The molecule has 2 nitrogen and oxygen atoms in total. The Morgan fingerprint density at radius 3 is 2.55 bits per heavy atom. The number of hydrogen-bond acceptors (Lipinski definition) is 2. The molecule has 7 heteroatoms. The van der Waals surface area contributed by atoms with E-state index >= 15 is 0 Å². The molecule has 1 aromatic rings. The lowest BCUT2D eigenvalue weighted by Crippen LogP contribution is -2.25. The number of alkyl halides is 3. The summed E-state index contributed by atoms with van der Waals surface area (Å²) in [5.41, 5.74) is 0.0856. The van der Waals surface area contributed by atoms with E-state index in [-0.39, 0.29) is 18.6 Å². The van der Waals surface area contributed by atoms with E-state index in [1.807, 2.05) is 0 Å². The molecule has 0 aliphatic heterocycles. The van der Waals surface area contributed by atoms with Crippen molar-refractivity contribution in [3.8, 4) is 0 Å². The van der Waals surface area contributed by atoms with Crippen LogP contribution in [0.2, 0.25) is 0 Å². The van der Waals surface area contributed by atoms with E-state index in [4.69, 9.17) is 0 Å². The van der Waals surface area contributed by atoms with Gasteiger partial charge in [0.05, 0.1) is 0 Å². The largest absolute Gasteiger partial charge is 0.411 e. The zero-order chi connectivity index (χ0) is 15.2. The van der Waals surface area contributed by atoms with Crippen molar-refractivity contribution in [2.45, 2.75) is 25.6 Å². The van der Waals surface area contributed by atoms with Gasteiger partial charge < -0.3 is 10.1 Å². The van der Waals surface area contributed by atoms with Gasteiger partial charge >= 0.3 is 6.18 Å². The molecule has 1 N–H and O–H groups in total. The predicted octanol–water partition coefficient (Wildman–Crippen LogP) is 3.58. The summed E-state index contributed by atoms with van der Waals surface area (Å²) in [5.74, 6) is -1.98. The first-order valence-electron chi connectivity index (χ1n) is 6.17. The van der Waals surface area contributed by atoms with E-state index < -0.39 is 30.5 Å². The van der Waals surface area contributed by atoms with Crippen molar-refractivity contribution < 1.29 is 26.7 Å². The highest BCUT2D eigenvalue weighted by Gasteiger charge is 2.27. The van der Waals surface area contributed by atoms with E-state index in [2.05, 4.69) is 10.1 Å². The summed E-state index contributed by atoms with van der Waals surface area (Å²) in [6.07, 6.45) is -4.28. The number of halogens is 5. The van der Waals surface area contributed by atoms with Crippen molar-refractivity contribution in [2.75, 3.05) is 19.8 Å². The topological polar surface area (TPSA) is 21.3 Å². The Hall–Kier alpha value is -1.21. The fourth-order valence-electron chi connectivity index (χ4n) is 1.79. The second kappa shape index (κ2) is 7.54. The van der Waals surface area contributed by atoms with Crippen molar-refractivity contribution >= 4 is 0 Å². The summed E-state index contributed by atoms with van der Waals surface area (Å²) in [5, 5.41) is 2.90. The van der Waals surface area contributed by atoms with Gasteiger partial charge in [-0.1, -0.05) is 19.1 Å². The van der Waals surface area contributed by atoms with Gasteiger partial charge in [0.15, 0.2) is 11.6 Å². The molecule has 1 aromatic carbocycles. The molecule has 0 amide bonds. The number of benzene rings is 1. The van der Waals surface area contributed by atoms with Crippen LogP contribution < -0.4 is 5.32 Å². The lowest BCUT2D eigenvalue weighted by molar-refractivity contribution is -0.174. The Kier molecular flexibility index (Phi) is 6.35. The maximum atomic E-state index is 13.6. The number of nitrogens with one attached hydrogen (secondary N) is 1. The first-order chi connectivity index (χ1) is 9.35. The van der Waals surface area contributed by atoms with Crippen LogP contribution in [-0.2, 0) is 4.74 Å². The van der Waals surface area contributed by atoms with Crippen molar-refractivity contribution in [3.63, 3.8) is 0 Å². The molecule has 0 radical (unpaired) electrons. The zero-order valence-corrected chi connectivity index (χ0v) is 10.9. The third-order valence-electron chi connectivity index (χ3n) is 2.62. The molecule has 0 saturated carbocycles. The maximum Gasteiger partial charge on any atom is 0.411 e. The Bertz CT molecular complexity index is 422. The minimum Gasteiger partial charge on any atom is -0.372 e. The molecule has 0 aliphatic rings. The standard InChI is InChI=1S/C13H16F5NO/c1-2-19-11(6-7-20-8-13(16,17)18)9-4-3-5-10(14)12(9)15/h3-5,11,19H,2,6-8H2,1H3. The monoisotopic (exact) mass is 297 g/mol. The SMILES string of the molecule is CCNC(CCOCC(F)(F)F)c1cccc(F)c1F. The van der Waals surface area contributed by atoms with Gasteiger partial charge in [-0.3, -0.25) is 0 Å². The highest BCUT2D eigenvalue weighted by molar-refractivity contribution is 5.22. The van der Waals surface area contributed by atoms with E-state index in [1.54, 1.807) is 6.92 Å². The second-order valence-corrected chi connectivity index (χ2v) is 4.21. The summed E-state index contributed by atoms with van der Waals surface area (Å²) in [4.78, 5) is 0. The molecule has 20 heavy (non-hydrogen) atoms. The molecular weight excluding hydrogens is 281 g/mol. The minimum atomic E-state index is -4.39. The molecule has 0 aliphatic carbocycles. The normalized spacial score (nSPS) is 13.5. The Morgan fingerprint density at radius 2 is 1.95 bits per heavy atom. The third-order valence-corrected chi connectivity index (χ3v) is 2.62. The van der Waals surface area contributed by atoms with Gasteiger partial charge in [0.25, 0.3) is 0 Å². The summed E-state index contributed by atoms with van der Waals surface area (Å²) in [6, 6.07) is 3.15. The fourth-order valence-corrected chi connectivity index (χ4v) is 1.79. The summed E-state index contributed by atoms with van der Waals surface area (Å²) >= 11 is 0. The van der Waals surface area contributed by atoms with Crippen LogP contribution in [0.15, 0.2) is 18.2 Å². The average molecular weight is 297 g/mol. The van der Waals surface area contributed by atoms with Gasteiger partial charge in [0.2, 0.25) is 0 Å². The van der Waals surface area contributed by atoms with Crippen LogP contribution in [0.4, 0.5) is 22.0 Å². The first kappa shape index (κ1) is 16.8. The first-order valence-corrected chi connectivity index (χ1v) is 6.17. The van der Waals surface area contributed by atoms with Crippen LogP contribution in [0.25, 0.3) is 0 Å². The maximum absolute atomic E-state index is 13.6. The molecule has 1 atom stereocenters. The van der Waals surface area contributed by atoms with Crippen LogP contribution in [0.3, 0.4) is 0 Å². The quantitative estimate of drug-likeness (QED) is 0.613. The summed E-state index contributed by atoms with van der Waals surface area (Å²) < 4.78 is 67.0. The van der Waals surface area contributed by atoms with E-state index in [9.17, 15) is 22.0 Å². The summed E-state index contributed by atoms with van der Waals surface area (Å²) in [7, 11) is 0. The Morgan fingerprint density at radius 1 is 1.25 bits per heavy atom. The molecule has 0 aromatic heterocycles. The molecule has 0 fully saturated rings. The second-order valence-electron chi connectivity index (χ2n) is 4.21. The van der Waals surface area contributed by atoms with Gasteiger partial charge in [-0.05, 0) is 19.0 Å². The van der Waals surface area contributed by atoms with Crippen molar-refractivity contribution in [1.29, 1.82) is 0 Å². The Labute approximate surface area is 113 Å². The van der Waals surface area contributed by atoms with Crippen molar-refractivity contribution in [1.82, 2.24) is 5.32 Å². The van der Waals surface area contributed by atoms with Gasteiger partial charge in [-0.15, -0.1) is 0 Å². The molecule has 114 valence electrons. The average Bonchev–Trinajstić information content (AvgIpc) is 2.35. The van der Waals surface area contributed by atoms with E-state index in [0.29, 0.717) is 6.54 Å². The van der Waals surface area contributed by atoms with E-state index in [0.717, 1.165) is 6.07 Å². The van der Waals surface area contributed by atoms with Crippen molar-refractivity contribution in [3.05, 3.63) is 35.4 Å². The predicted molar refractivity (Wildman–Crippen MR) is 64.3 cm³/mol. The van der Waals surface area contributed by atoms with Crippen LogP contribution >= 0.6 is 0 Å². The number of rotatable bonds is 7. The van der Waals surface area contributed by atoms with Gasteiger partial charge in [-0.25, -0.2) is 8.78 Å². The smallest absolute Gasteiger partial charge is 0.372 e. The third kappa shape index (κ3) is 5.42. The highest BCUT2D eigenvalue weighted by atomic mass is 19.4. The molecular formula is C13H16F5NO. The van der Waals surface area contributed by atoms with Crippen LogP contribution in [0.5, 0.6) is 0 Å². The van der Waals surface area contributed by atoms with Gasteiger partial charge in [-0.2, -0.15) is 13.2 Å². The van der Waals surface area contributed by atoms with Crippen LogP contribution in [-0.4, -0.2) is 25.9 Å². The lowest BCUT2D eigenvalue weighted by Gasteiger charge is -2.19. The van der Waals surface area contributed by atoms with Gasteiger partial charge in [0.1, 0.15) is 6.61 Å². The minimum absolute atomic E-state index is 0.0856. The molecule has 0 heterocycles. The molecule has 0 bridgehead atoms. The van der Waals surface area contributed by atoms with E-state index in [1.165, 1.54) is 12.1 Å². The number of ether oxygens (including phenoxy) is 1. The summed E-state index contributed by atoms with van der Waals surface area (Å²) in [6.45, 7) is 0.686. The number of hydrogen-bond donors (Lipinski definition) is 1. The fraction of sp³-hybridized carbons (Fsp3) is 0.538.